The molecule has 2 N–H and O–H groups in total. The van der Waals surface area contributed by atoms with Crippen molar-refractivity contribution in [2.24, 2.45) is 0 Å². The largest absolute Gasteiger partial charge is 0.306 e. The van der Waals surface area contributed by atoms with Gasteiger partial charge in [0.15, 0.2) is 0 Å². The Labute approximate surface area is 147 Å². The average molecular weight is 353 g/mol. The van der Waals surface area contributed by atoms with Gasteiger partial charge in [0.25, 0.3) is 11.8 Å². The number of nitrogens with zero attached hydrogens (tertiary/aromatic N) is 1. The lowest BCUT2D eigenvalue weighted by molar-refractivity contribution is 0.101. The summed E-state index contributed by atoms with van der Waals surface area (Å²) in [5.41, 5.74) is 0.280. The van der Waals surface area contributed by atoms with E-state index in [9.17, 15) is 18.4 Å². The minimum atomic E-state index is -0.536. The molecule has 0 aliphatic heterocycles. The number of benzene rings is 2. The van der Waals surface area contributed by atoms with Gasteiger partial charge in [0.1, 0.15) is 23.3 Å². The molecule has 26 heavy (non-hydrogen) atoms. The van der Waals surface area contributed by atoms with Crippen LogP contribution in [0.25, 0.3) is 0 Å². The van der Waals surface area contributed by atoms with E-state index >= 15 is 0 Å². The molecule has 7 heteroatoms. The molecular weight excluding hydrogens is 340 g/mol. The third-order valence-corrected chi connectivity index (χ3v) is 3.41. The highest BCUT2D eigenvalue weighted by Crippen LogP contribution is 2.13. The van der Waals surface area contributed by atoms with Crippen LogP contribution in [0.1, 0.15) is 20.7 Å². The van der Waals surface area contributed by atoms with E-state index in [4.69, 9.17) is 0 Å². The van der Waals surface area contributed by atoms with Crippen LogP contribution in [0.3, 0.4) is 0 Å². The van der Waals surface area contributed by atoms with Gasteiger partial charge in [0.2, 0.25) is 0 Å². The molecule has 2 aromatic carbocycles. The zero-order valence-electron chi connectivity index (χ0n) is 13.4. The van der Waals surface area contributed by atoms with Crippen molar-refractivity contribution in [2.75, 3.05) is 10.6 Å². The third kappa shape index (κ3) is 4.27. The van der Waals surface area contributed by atoms with Gasteiger partial charge in [-0.3, -0.25) is 9.59 Å². The normalized spacial score (nSPS) is 10.2. The van der Waals surface area contributed by atoms with Crippen molar-refractivity contribution in [3.8, 4) is 0 Å². The first kappa shape index (κ1) is 17.2. The summed E-state index contributed by atoms with van der Waals surface area (Å²) >= 11 is 0. The topological polar surface area (TPSA) is 71.1 Å². The first-order chi connectivity index (χ1) is 12.5. The van der Waals surface area contributed by atoms with Crippen molar-refractivity contribution in [3.05, 3.63) is 89.5 Å². The number of aromatic nitrogens is 1. The van der Waals surface area contributed by atoms with Crippen LogP contribution in [0.4, 0.5) is 20.4 Å². The van der Waals surface area contributed by atoms with E-state index in [0.29, 0.717) is 0 Å². The van der Waals surface area contributed by atoms with Gasteiger partial charge >= 0.3 is 0 Å². The number of carbonyl (C=O) groups is 2. The summed E-state index contributed by atoms with van der Waals surface area (Å²) in [5, 5.41) is 5.04. The minimum Gasteiger partial charge on any atom is -0.306 e. The van der Waals surface area contributed by atoms with Crippen LogP contribution in [0.15, 0.2) is 66.7 Å². The second-order valence-corrected chi connectivity index (χ2v) is 5.34. The van der Waals surface area contributed by atoms with Crippen molar-refractivity contribution in [1.82, 2.24) is 4.98 Å². The fourth-order valence-corrected chi connectivity index (χ4v) is 2.21. The highest BCUT2D eigenvalue weighted by Gasteiger charge is 2.10. The molecule has 0 fully saturated rings. The van der Waals surface area contributed by atoms with E-state index in [0.717, 1.165) is 12.1 Å². The summed E-state index contributed by atoms with van der Waals surface area (Å²) in [5.74, 6) is -1.77. The first-order valence-electron chi connectivity index (χ1n) is 7.62. The molecule has 0 spiro atoms. The van der Waals surface area contributed by atoms with E-state index in [-0.39, 0.29) is 22.8 Å². The Morgan fingerprint density at radius 1 is 0.692 bits per heavy atom. The van der Waals surface area contributed by atoms with Gasteiger partial charge in [-0.2, -0.15) is 0 Å². The van der Waals surface area contributed by atoms with Gasteiger partial charge in [0, 0.05) is 11.1 Å². The molecule has 3 rings (SSSR count). The number of nitrogens with one attached hydrogen (secondary N) is 2. The number of carbonyl (C=O) groups excluding carboxylic acids is 2. The minimum absolute atomic E-state index is 0.140. The van der Waals surface area contributed by atoms with E-state index in [1.165, 1.54) is 48.5 Å². The molecule has 5 nitrogen and oxygen atoms in total. The zero-order chi connectivity index (χ0) is 18.5. The molecule has 1 heterocycles. The molecule has 130 valence electrons. The van der Waals surface area contributed by atoms with Crippen LogP contribution in [-0.4, -0.2) is 16.8 Å². The lowest BCUT2D eigenvalue weighted by atomic mass is 10.2. The summed E-state index contributed by atoms with van der Waals surface area (Å²) in [6, 6.07) is 15.1. The molecule has 0 aliphatic carbocycles. The summed E-state index contributed by atoms with van der Waals surface area (Å²) < 4.78 is 26.4. The number of amides is 2. The van der Waals surface area contributed by atoms with Crippen LogP contribution in [0.2, 0.25) is 0 Å². The molecule has 0 radical (unpaired) electrons. The number of pyridine rings is 1. The van der Waals surface area contributed by atoms with Crippen molar-refractivity contribution < 1.29 is 18.4 Å². The molecule has 2 amide bonds. The van der Waals surface area contributed by atoms with Gasteiger partial charge in [-0.15, -0.1) is 0 Å². The predicted molar refractivity (Wildman–Crippen MR) is 92.9 cm³/mol. The lowest BCUT2D eigenvalue weighted by Gasteiger charge is -2.08. The monoisotopic (exact) mass is 353 g/mol. The SMILES string of the molecule is O=C(Nc1cccc(NC(=O)c2cccc(F)c2)n1)c1cccc(F)c1. The Kier molecular flexibility index (Phi) is 4.98. The molecule has 0 bridgehead atoms. The van der Waals surface area contributed by atoms with Crippen LogP contribution in [0.5, 0.6) is 0 Å². The summed E-state index contributed by atoms with van der Waals surface area (Å²) in [7, 11) is 0. The smallest absolute Gasteiger partial charge is 0.256 e. The van der Waals surface area contributed by atoms with Crippen LogP contribution >= 0.6 is 0 Å². The van der Waals surface area contributed by atoms with E-state index in [2.05, 4.69) is 15.6 Å². The first-order valence-corrected chi connectivity index (χ1v) is 7.62. The molecule has 0 aliphatic rings. The number of hydrogen-bond acceptors (Lipinski definition) is 3. The third-order valence-electron chi connectivity index (χ3n) is 3.41. The van der Waals surface area contributed by atoms with Crippen molar-refractivity contribution in [1.29, 1.82) is 0 Å². The molecule has 0 atom stereocenters. The Hall–Kier alpha value is -3.61. The Morgan fingerprint density at radius 3 is 1.54 bits per heavy atom. The van der Waals surface area contributed by atoms with Crippen molar-refractivity contribution in [2.45, 2.75) is 0 Å². The van der Waals surface area contributed by atoms with E-state index in [1.807, 2.05) is 0 Å². The summed E-state index contributed by atoms with van der Waals surface area (Å²) in [4.78, 5) is 28.3. The Bertz CT molecular complexity index is 902. The molecule has 0 saturated carbocycles. The molecule has 0 unspecified atom stereocenters. The van der Waals surface area contributed by atoms with E-state index in [1.54, 1.807) is 6.07 Å². The number of anilines is 2. The Balaban J connectivity index is 1.72. The maximum atomic E-state index is 13.2. The second kappa shape index (κ2) is 7.52. The standard InChI is InChI=1S/C19H13F2N3O2/c20-14-6-1-4-12(10-14)18(25)23-16-8-3-9-17(22-16)24-19(26)13-5-2-7-15(21)11-13/h1-11H,(H2,22,23,24,25,26). The quantitative estimate of drug-likeness (QED) is 0.748. The van der Waals surface area contributed by atoms with Crippen molar-refractivity contribution >= 4 is 23.5 Å². The van der Waals surface area contributed by atoms with Gasteiger partial charge in [-0.1, -0.05) is 18.2 Å². The molecule has 3 aromatic rings. The van der Waals surface area contributed by atoms with Crippen LogP contribution in [0, 0.1) is 11.6 Å². The summed E-state index contributed by atoms with van der Waals surface area (Å²) in [6.45, 7) is 0. The van der Waals surface area contributed by atoms with Crippen molar-refractivity contribution in [3.63, 3.8) is 0 Å². The predicted octanol–water partition coefficient (Wildman–Crippen LogP) is 3.86. The zero-order valence-corrected chi connectivity index (χ0v) is 13.4. The van der Waals surface area contributed by atoms with Crippen LogP contribution < -0.4 is 10.6 Å². The lowest BCUT2D eigenvalue weighted by Crippen LogP contribution is -2.16. The maximum absolute atomic E-state index is 13.2. The average Bonchev–Trinajstić information content (AvgIpc) is 2.62. The maximum Gasteiger partial charge on any atom is 0.256 e. The van der Waals surface area contributed by atoms with Gasteiger partial charge in [-0.25, -0.2) is 13.8 Å². The second-order valence-electron chi connectivity index (χ2n) is 5.34. The number of rotatable bonds is 4. The van der Waals surface area contributed by atoms with Crippen LogP contribution in [-0.2, 0) is 0 Å². The molecule has 0 saturated heterocycles. The molecular formula is C19H13F2N3O2. The fourth-order valence-electron chi connectivity index (χ4n) is 2.21. The van der Waals surface area contributed by atoms with Gasteiger partial charge < -0.3 is 10.6 Å². The number of halogens is 2. The Morgan fingerprint density at radius 2 is 1.12 bits per heavy atom. The van der Waals surface area contributed by atoms with E-state index < -0.39 is 23.4 Å². The fraction of sp³-hybridized carbons (Fsp3) is 0. The number of hydrogen-bond donors (Lipinski definition) is 2. The van der Waals surface area contributed by atoms with Gasteiger partial charge in [-0.05, 0) is 48.5 Å². The van der Waals surface area contributed by atoms with Gasteiger partial charge in [0.05, 0.1) is 0 Å². The summed E-state index contributed by atoms with van der Waals surface area (Å²) in [6.07, 6.45) is 0. The highest BCUT2D eigenvalue weighted by molar-refractivity contribution is 6.05. The molecule has 1 aromatic heterocycles. The highest BCUT2D eigenvalue weighted by atomic mass is 19.1.